The number of amides is 1. The molecule has 0 spiro atoms. The highest BCUT2D eigenvalue weighted by atomic mass is 35.5. The molecule has 0 aliphatic carbocycles. The van der Waals surface area contributed by atoms with Crippen LogP contribution in [0.4, 0.5) is 15.4 Å². The van der Waals surface area contributed by atoms with Gasteiger partial charge >= 0.3 is 17.9 Å². The molecule has 1 aromatic rings. The van der Waals surface area contributed by atoms with Crippen molar-refractivity contribution in [3.05, 3.63) is 22.7 Å². The Balaban J connectivity index is 1.75. The standard InChI is InChI=1S/C18H25Cl2N3O8/c19-6-1-3-9-27-17(25)22-13-5-8-23(16(24)21-13)14-11-29-15(31-14)12-30-18(26)28-10-4-2-7-20/h5,8,14-15H,1-4,6-7,9-12H2,(H,21,22,24,25)/t14-,15-/m0/s1. The Morgan fingerprint density at radius 2 is 1.84 bits per heavy atom. The van der Waals surface area contributed by atoms with Gasteiger partial charge in [-0.15, -0.1) is 23.2 Å². The first-order valence-electron chi connectivity index (χ1n) is 9.75. The van der Waals surface area contributed by atoms with Gasteiger partial charge in [-0.3, -0.25) is 9.88 Å². The van der Waals surface area contributed by atoms with Crippen molar-refractivity contribution in [1.82, 2.24) is 9.55 Å². The van der Waals surface area contributed by atoms with Gasteiger partial charge in [0, 0.05) is 18.0 Å². The fourth-order valence-corrected chi connectivity index (χ4v) is 2.79. The van der Waals surface area contributed by atoms with Crippen LogP contribution in [0.25, 0.3) is 0 Å². The van der Waals surface area contributed by atoms with Crippen LogP contribution in [0, 0.1) is 0 Å². The van der Waals surface area contributed by atoms with E-state index in [1.807, 2.05) is 0 Å². The molecule has 31 heavy (non-hydrogen) atoms. The molecule has 2 rings (SSSR count). The third-order valence-corrected chi connectivity index (χ3v) is 4.48. The third kappa shape index (κ3) is 9.30. The van der Waals surface area contributed by atoms with Crippen LogP contribution in [-0.4, -0.2) is 66.3 Å². The minimum Gasteiger partial charge on any atom is -0.449 e. The van der Waals surface area contributed by atoms with E-state index < -0.39 is 30.5 Å². The number of nitrogens with one attached hydrogen (secondary N) is 1. The number of rotatable bonds is 12. The summed E-state index contributed by atoms with van der Waals surface area (Å²) in [6.07, 6.45) is 0.983. The van der Waals surface area contributed by atoms with Crippen molar-refractivity contribution in [2.45, 2.75) is 38.2 Å². The van der Waals surface area contributed by atoms with Gasteiger partial charge in [-0.25, -0.2) is 14.4 Å². The number of alkyl halides is 2. The molecule has 11 nitrogen and oxygen atoms in total. The monoisotopic (exact) mass is 481 g/mol. The Morgan fingerprint density at radius 3 is 2.52 bits per heavy atom. The molecule has 1 amide bonds. The maximum absolute atomic E-state index is 12.2. The highest BCUT2D eigenvalue weighted by Gasteiger charge is 2.29. The van der Waals surface area contributed by atoms with E-state index in [1.54, 1.807) is 0 Å². The molecule has 2 atom stereocenters. The van der Waals surface area contributed by atoms with Crippen LogP contribution in [0.15, 0.2) is 17.1 Å². The lowest BCUT2D eigenvalue weighted by Crippen LogP contribution is -2.29. The summed E-state index contributed by atoms with van der Waals surface area (Å²) in [6, 6.07) is 1.42. The van der Waals surface area contributed by atoms with Crippen LogP contribution in [0.5, 0.6) is 0 Å². The lowest BCUT2D eigenvalue weighted by Gasteiger charge is -2.14. The fraction of sp³-hybridized carbons (Fsp3) is 0.667. The minimum absolute atomic E-state index is 0.0410. The van der Waals surface area contributed by atoms with Crippen molar-refractivity contribution in [3.8, 4) is 0 Å². The number of hydrogen-bond acceptors (Lipinski definition) is 9. The molecule has 0 radical (unpaired) electrons. The van der Waals surface area contributed by atoms with E-state index >= 15 is 0 Å². The predicted molar refractivity (Wildman–Crippen MR) is 111 cm³/mol. The van der Waals surface area contributed by atoms with Gasteiger partial charge < -0.3 is 23.7 Å². The average molecular weight is 482 g/mol. The molecule has 1 saturated heterocycles. The molecule has 0 bridgehead atoms. The highest BCUT2D eigenvalue weighted by Crippen LogP contribution is 2.20. The molecule has 174 valence electrons. The molecule has 0 saturated carbocycles. The quantitative estimate of drug-likeness (QED) is 0.272. The van der Waals surface area contributed by atoms with Crippen molar-refractivity contribution < 1.29 is 33.3 Å². The fourth-order valence-electron chi connectivity index (χ4n) is 2.41. The summed E-state index contributed by atoms with van der Waals surface area (Å²) in [5.74, 6) is 1.02. The number of carbonyl (C=O) groups excluding carboxylic acids is 2. The minimum atomic E-state index is -0.854. The van der Waals surface area contributed by atoms with E-state index in [4.69, 9.17) is 46.9 Å². The van der Waals surface area contributed by atoms with Crippen molar-refractivity contribution >= 4 is 41.3 Å². The van der Waals surface area contributed by atoms with Crippen LogP contribution in [-0.2, 0) is 23.7 Å². The van der Waals surface area contributed by atoms with Crippen LogP contribution < -0.4 is 11.0 Å². The van der Waals surface area contributed by atoms with Gasteiger partial charge in [0.15, 0.2) is 12.5 Å². The predicted octanol–water partition coefficient (Wildman–Crippen LogP) is 2.85. The summed E-state index contributed by atoms with van der Waals surface area (Å²) in [6.45, 7) is 0.286. The van der Waals surface area contributed by atoms with Gasteiger partial charge in [0.2, 0.25) is 0 Å². The smallest absolute Gasteiger partial charge is 0.449 e. The van der Waals surface area contributed by atoms with E-state index in [2.05, 4.69) is 10.3 Å². The SMILES string of the molecule is O=C(Nc1ccn([C@@H]2CO[C@H](COC(=O)OCCCCCl)O2)c(=O)n1)OCCCCCl. The van der Waals surface area contributed by atoms with Gasteiger partial charge in [0.25, 0.3) is 0 Å². The van der Waals surface area contributed by atoms with Gasteiger partial charge in [-0.1, -0.05) is 0 Å². The Morgan fingerprint density at radius 1 is 1.13 bits per heavy atom. The second-order valence-corrected chi connectivity index (χ2v) is 7.07. The summed E-state index contributed by atoms with van der Waals surface area (Å²) < 4.78 is 26.8. The summed E-state index contributed by atoms with van der Waals surface area (Å²) in [7, 11) is 0. The van der Waals surface area contributed by atoms with Crippen LogP contribution in [0.3, 0.4) is 0 Å². The van der Waals surface area contributed by atoms with Gasteiger partial charge in [0.05, 0.1) is 19.8 Å². The summed E-state index contributed by atoms with van der Waals surface area (Å²) in [4.78, 5) is 39.2. The second-order valence-electron chi connectivity index (χ2n) is 6.32. The molecule has 1 fully saturated rings. The number of unbranched alkanes of at least 4 members (excludes halogenated alkanes) is 2. The summed E-state index contributed by atoms with van der Waals surface area (Å²) in [5, 5.41) is 2.37. The number of hydrogen-bond donors (Lipinski definition) is 1. The van der Waals surface area contributed by atoms with Crippen molar-refractivity contribution in [2.24, 2.45) is 0 Å². The molecule has 1 aliphatic heterocycles. The molecule has 1 aliphatic rings. The number of anilines is 1. The first kappa shape index (κ1) is 25.2. The van der Waals surface area contributed by atoms with Crippen molar-refractivity contribution in [2.75, 3.05) is 43.5 Å². The largest absolute Gasteiger partial charge is 0.508 e. The molecule has 0 aromatic carbocycles. The van der Waals surface area contributed by atoms with E-state index in [0.717, 1.165) is 12.8 Å². The van der Waals surface area contributed by atoms with E-state index in [0.29, 0.717) is 24.6 Å². The Bertz CT molecular complexity index is 764. The maximum atomic E-state index is 12.2. The lowest BCUT2D eigenvalue weighted by molar-refractivity contribution is -0.108. The molecule has 1 aromatic heterocycles. The number of carbonyl (C=O) groups is 2. The number of nitrogens with zero attached hydrogens (tertiary/aromatic N) is 2. The van der Waals surface area contributed by atoms with Crippen molar-refractivity contribution in [3.63, 3.8) is 0 Å². The zero-order valence-corrected chi connectivity index (χ0v) is 18.3. The Hall–Kier alpha value is -2.08. The van der Waals surface area contributed by atoms with Gasteiger partial charge in [-0.05, 0) is 31.7 Å². The average Bonchev–Trinajstić information content (AvgIpc) is 3.22. The van der Waals surface area contributed by atoms with E-state index in [9.17, 15) is 14.4 Å². The van der Waals surface area contributed by atoms with Crippen molar-refractivity contribution in [1.29, 1.82) is 0 Å². The van der Waals surface area contributed by atoms with Crippen LogP contribution >= 0.6 is 23.2 Å². The second kappa shape index (κ2) is 14.1. The Kier molecular flexibility index (Phi) is 11.4. The van der Waals surface area contributed by atoms with Gasteiger partial charge in [0.1, 0.15) is 12.4 Å². The summed E-state index contributed by atoms with van der Waals surface area (Å²) >= 11 is 11.1. The zero-order valence-electron chi connectivity index (χ0n) is 16.8. The number of aromatic nitrogens is 2. The molecule has 13 heteroatoms. The normalized spacial score (nSPS) is 17.9. The first-order chi connectivity index (χ1) is 15.0. The maximum Gasteiger partial charge on any atom is 0.508 e. The number of ether oxygens (including phenoxy) is 5. The zero-order chi connectivity index (χ0) is 22.5. The molecule has 1 N–H and O–H groups in total. The van der Waals surface area contributed by atoms with Gasteiger partial charge in [-0.2, -0.15) is 4.98 Å². The lowest BCUT2D eigenvalue weighted by atomic mass is 10.4. The summed E-state index contributed by atoms with van der Waals surface area (Å²) in [5.41, 5.74) is -0.659. The van der Waals surface area contributed by atoms with E-state index in [-0.39, 0.29) is 32.2 Å². The topological polar surface area (TPSA) is 127 Å². The Labute approximate surface area is 188 Å². The molecule has 0 unspecified atom stereocenters. The van der Waals surface area contributed by atoms with Crippen LogP contribution in [0.1, 0.15) is 31.9 Å². The first-order valence-corrected chi connectivity index (χ1v) is 10.8. The third-order valence-electron chi connectivity index (χ3n) is 3.95. The molecular weight excluding hydrogens is 457 g/mol. The van der Waals surface area contributed by atoms with Crippen LogP contribution in [0.2, 0.25) is 0 Å². The molecule has 2 heterocycles. The number of halogens is 2. The van der Waals surface area contributed by atoms with E-state index in [1.165, 1.54) is 16.8 Å². The molecular formula is C18H25Cl2N3O8. The highest BCUT2D eigenvalue weighted by molar-refractivity contribution is 6.18.